The zero-order valence-corrected chi connectivity index (χ0v) is 11.4. The van der Waals surface area contributed by atoms with Gasteiger partial charge in [-0.2, -0.15) is 0 Å². The van der Waals surface area contributed by atoms with E-state index in [0.29, 0.717) is 12.8 Å². The van der Waals surface area contributed by atoms with Gasteiger partial charge in [0, 0.05) is 0 Å². The lowest BCUT2D eigenvalue weighted by Gasteiger charge is -2.14. The zero-order valence-electron chi connectivity index (χ0n) is 11.4. The molecule has 100 valence electrons. The highest BCUT2D eigenvalue weighted by Gasteiger charge is 2.15. The number of methoxy groups -OCH3 is 2. The predicted octanol–water partition coefficient (Wildman–Crippen LogP) is 1.74. The minimum atomic E-state index is -0.583. The molecule has 2 N–H and O–H groups in total. The van der Waals surface area contributed by atoms with E-state index in [1.165, 1.54) is 12.7 Å². The molecule has 0 bridgehead atoms. The van der Waals surface area contributed by atoms with Crippen LogP contribution in [0.5, 0.6) is 5.75 Å². The topological polar surface area (TPSA) is 61.5 Å². The van der Waals surface area contributed by atoms with Gasteiger partial charge in [-0.1, -0.05) is 17.7 Å². The van der Waals surface area contributed by atoms with Gasteiger partial charge in [0.25, 0.3) is 0 Å². The first-order valence-corrected chi connectivity index (χ1v) is 5.97. The second-order valence-electron chi connectivity index (χ2n) is 4.44. The molecule has 0 aliphatic carbocycles. The van der Waals surface area contributed by atoms with Gasteiger partial charge in [-0.3, -0.25) is 4.79 Å². The van der Waals surface area contributed by atoms with Crippen LogP contribution in [-0.2, 0) is 16.0 Å². The number of aryl methyl sites for hydroxylation is 3. The Balaban J connectivity index is 2.81. The van der Waals surface area contributed by atoms with Gasteiger partial charge in [0.05, 0.1) is 14.2 Å². The van der Waals surface area contributed by atoms with Crippen LogP contribution in [0.25, 0.3) is 0 Å². The molecule has 1 unspecified atom stereocenters. The number of carbonyl (C=O) groups excluding carboxylic acids is 1. The van der Waals surface area contributed by atoms with Crippen LogP contribution in [0.4, 0.5) is 0 Å². The average Bonchev–Trinajstić information content (AvgIpc) is 2.34. The van der Waals surface area contributed by atoms with Crippen molar-refractivity contribution in [2.24, 2.45) is 5.73 Å². The van der Waals surface area contributed by atoms with Crippen LogP contribution in [0.3, 0.4) is 0 Å². The van der Waals surface area contributed by atoms with Crippen LogP contribution < -0.4 is 10.5 Å². The van der Waals surface area contributed by atoms with Crippen LogP contribution in [0.1, 0.15) is 23.1 Å². The molecule has 4 nitrogen and oxygen atoms in total. The van der Waals surface area contributed by atoms with E-state index in [-0.39, 0.29) is 5.97 Å². The van der Waals surface area contributed by atoms with Crippen LogP contribution in [0, 0.1) is 13.8 Å². The molecule has 0 heterocycles. The summed E-state index contributed by atoms with van der Waals surface area (Å²) in [6, 6.07) is 3.55. The summed E-state index contributed by atoms with van der Waals surface area (Å²) in [5.74, 6) is 0.496. The minimum absolute atomic E-state index is 0.377. The third-order valence-electron chi connectivity index (χ3n) is 2.93. The highest BCUT2D eigenvalue weighted by molar-refractivity contribution is 5.75. The highest BCUT2D eigenvalue weighted by atomic mass is 16.5. The van der Waals surface area contributed by atoms with Crippen LogP contribution in [-0.4, -0.2) is 26.2 Å². The minimum Gasteiger partial charge on any atom is -0.496 e. The molecule has 4 heteroatoms. The maximum absolute atomic E-state index is 11.2. The normalized spacial score (nSPS) is 12.1. The van der Waals surface area contributed by atoms with Crippen molar-refractivity contribution in [1.29, 1.82) is 0 Å². The Morgan fingerprint density at radius 2 is 2.00 bits per heavy atom. The third kappa shape index (κ3) is 3.47. The van der Waals surface area contributed by atoms with Crippen LogP contribution >= 0.6 is 0 Å². The van der Waals surface area contributed by atoms with E-state index in [9.17, 15) is 4.79 Å². The Labute approximate surface area is 108 Å². The molecule has 0 saturated carbocycles. The SMILES string of the molecule is COC(=O)C(N)CCc1cc(C)cc(C)c1OC. The molecule has 0 aliphatic rings. The van der Waals surface area contributed by atoms with E-state index in [2.05, 4.69) is 16.9 Å². The molecule has 0 amide bonds. The smallest absolute Gasteiger partial charge is 0.322 e. The number of hydrogen-bond donors (Lipinski definition) is 1. The lowest BCUT2D eigenvalue weighted by Crippen LogP contribution is -2.31. The fraction of sp³-hybridized carbons (Fsp3) is 0.500. The van der Waals surface area contributed by atoms with Crippen LogP contribution in [0.2, 0.25) is 0 Å². The number of benzene rings is 1. The Hall–Kier alpha value is -1.55. The molecule has 1 atom stereocenters. The van der Waals surface area contributed by atoms with E-state index < -0.39 is 6.04 Å². The van der Waals surface area contributed by atoms with Crippen molar-refractivity contribution in [3.8, 4) is 5.75 Å². The van der Waals surface area contributed by atoms with Gasteiger partial charge in [-0.05, 0) is 37.8 Å². The predicted molar refractivity (Wildman–Crippen MR) is 70.8 cm³/mol. The van der Waals surface area contributed by atoms with Gasteiger partial charge in [-0.25, -0.2) is 0 Å². The van der Waals surface area contributed by atoms with Gasteiger partial charge in [0.2, 0.25) is 0 Å². The summed E-state index contributed by atoms with van der Waals surface area (Å²) in [6.07, 6.45) is 1.24. The summed E-state index contributed by atoms with van der Waals surface area (Å²) in [5.41, 5.74) is 9.08. The molecule has 18 heavy (non-hydrogen) atoms. The molecule has 0 aliphatic heterocycles. The van der Waals surface area contributed by atoms with Gasteiger partial charge < -0.3 is 15.2 Å². The van der Waals surface area contributed by atoms with Crippen molar-refractivity contribution < 1.29 is 14.3 Å². The molecular formula is C14H21NO3. The molecular weight excluding hydrogens is 230 g/mol. The number of carbonyl (C=O) groups is 1. The van der Waals surface area contributed by atoms with Crippen molar-refractivity contribution in [1.82, 2.24) is 0 Å². The van der Waals surface area contributed by atoms with Crippen molar-refractivity contribution in [3.63, 3.8) is 0 Å². The van der Waals surface area contributed by atoms with Gasteiger partial charge in [-0.15, -0.1) is 0 Å². The lowest BCUT2D eigenvalue weighted by molar-refractivity contribution is -0.142. The highest BCUT2D eigenvalue weighted by Crippen LogP contribution is 2.26. The second-order valence-corrected chi connectivity index (χ2v) is 4.44. The summed E-state index contributed by atoms with van der Waals surface area (Å²) < 4.78 is 10.0. The third-order valence-corrected chi connectivity index (χ3v) is 2.93. The Morgan fingerprint density at radius 1 is 1.33 bits per heavy atom. The zero-order chi connectivity index (χ0) is 13.7. The maximum Gasteiger partial charge on any atom is 0.322 e. The lowest BCUT2D eigenvalue weighted by atomic mass is 10.00. The van der Waals surface area contributed by atoms with E-state index in [4.69, 9.17) is 10.5 Å². The van der Waals surface area contributed by atoms with E-state index in [1.54, 1.807) is 7.11 Å². The Kier molecular flexibility index (Phi) is 5.16. The van der Waals surface area contributed by atoms with E-state index >= 15 is 0 Å². The van der Waals surface area contributed by atoms with Crippen LogP contribution in [0.15, 0.2) is 12.1 Å². The first-order valence-electron chi connectivity index (χ1n) is 5.97. The van der Waals surface area contributed by atoms with Crippen molar-refractivity contribution >= 4 is 5.97 Å². The number of esters is 1. The number of hydrogen-bond acceptors (Lipinski definition) is 4. The van der Waals surface area contributed by atoms with Crippen molar-refractivity contribution in [3.05, 3.63) is 28.8 Å². The number of nitrogens with two attached hydrogens (primary N) is 1. The quantitative estimate of drug-likeness (QED) is 0.810. The van der Waals surface area contributed by atoms with E-state index in [0.717, 1.165) is 16.9 Å². The summed E-state index contributed by atoms with van der Waals surface area (Å²) >= 11 is 0. The van der Waals surface area contributed by atoms with E-state index in [1.807, 2.05) is 13.8 Å². The second kappa shape index (κ2) is 6.40. The molecule has 0 spiro atoms. The summed E-state index contributed by atoms with van der Waals surface area (Å²) in [7, 11) is 3.00. The molecule has 0 radical (unpaired) electrons. The molecule has 1 rings (SSSR count). The standard InChI is InChI=1S/C14H21NO3/c1-9-7-10(2)13(17-3)11(8-9)5-6-12(15)14(16)18-4/h7-8,12H,5-6,15H2,1-4H3. The largest absolute Gasteiger partial charge is 0.496 e. The summed E-state index contributed by atoms with van der Waals surface area (Å²) in [6.45, 7) is 4.05. The van der Waals surface area contributed by atoms with Crippen molar-refractivity contribution in [2.45, 2.75) is 32.7 Å². The number of ether oxygens (including phenoxy) is 2. The summed E-state index contributed by atoms with van der Waals surface area (Å²) in [4.78, 5) is 11.2. The first-order chi connectivity index (χ1) is 8.49. The monoisotopic (exact) mass is 251 g/mol. The van der Waals surface area contributed by atoms with Gasteiger partial charge in [0.15, 0.2) is 0 Å². The fourth-order valence-electron chi connectivity index (χ4n) is 2.10. The maximum atomic E-state index is 11.2. The molecule has 0 fully saturated rings. The van der Waals surface area contributed by atoms with Gasteiger partial charge >= 0.3 is 5.97 Å². The van der Waals surface area contributed by atoms with Gasteiger partial charge in [0.1, 0.15) is 11.8 Å². The first kappa shape index (κ1) is 14.5. The molecule has 1 aromatic carbocycles. The fourth-order valence-corrected chi connectivity index (χ4v) is 2.10. The summed E-state index contributed by atoms with van der Waals surface area (Å²) in [5, 5.41) is 0. The molecule has 0 saturated heterocycles. The Morgan fingerprint density at radius 3 is 2.56 bits per heavy atom. The van der Waals surface area contributed by atoms with Crippen molar-refractivity contribution in [2.75, 3.05) is 14.2 Å². The molecule has 1 aromatic rings. The Bertz CT molecular complexity index is 429. The molecule has 0 aromatic heterocycles. The average molecular weight is 251 g/mol. The number of rotatable bonds is 5.